The van der Waals surface area contributed by atoms with Gasteiger partial charge in [-0.25, -0.2) is 4.79 Å². The van der Waals surface area contributed by atoms with Crippen molar-refractivity contribution in [2.75, 3.05) is 0 Å². The number of aromatic hydroxyl groups is 1. The van der Waals surface area contributed by atoms with Crippen LogP contribution in [0.3, 0.4) is 0 Å². The first kappa shape index (κ1) is 15.6. The second-order valence-electron chi connectivity index (χ2n) is 5.35. The molecule has 0 aliphatic carbocycles. The van der Waals surface area contributed by atoms with E-state index in [1.165, 1.54) is 11.7 Å². The van der Waals surface area contributed by atoms with Crippen molar-refractivity contribution in [1.82, 2.24) is 10.1 Å². The third-order valence-electron chi connectivity index (χ3n) is 3.57. The molecule has 0 fully saturated rings. The normalized spacial score (nSPS) is 10.5. The third kappa shape index (κ3) is 3.38. The monoisotopic (exact) mass is 324 g/mol. The number of phenolic OH excluding ortho intramolecular Hbond substituents is 1. The van der Waals surface area contributed by atoms with Crippen LogP contribution in [0.5, 0.6) is 5.75 Å². The minimum Gasteiger partial charge on any atom is -0.508 e. The van der Waals surface area contributed by atoms with E-state index in [1.54, 1.807) is 18.3 Å². The Labute approximate surface area is 137 Å². The van der Waals surface area contributed by atoms with Gasteiger partial charge in [0.15, 0.2) is 0 Å². The minimum absolute atomic E-state index is 0.107. The lowest BCUT2D eigenvalue weighted by Crippen LogP contribution is -2.22. The van der Waals surface area contributed by atoms with Crippen LogP contribution in [0.1, 0.15) is 6.92 Å². The van der Waals surface area contributed by atoms with E-state index in [1.807, 2.05) is 36.4 Å². The largest absolute Gasteiger partial charge is 0.508 e. The van der Waals surface area contributed by atoms with E-state index >= 15 is 0 Å². The lowest BCUT2D eigenvalue weighted by atomic mass is 10.0. The number of hydrogen-bond acceptors (Lipinski definition) is 4. The minimum atomic E-state index is -0.460. The van der Waals surface area contributed by atoms with Crippen molar-refractivity contribution < 1.29 is 14.4 Å². The Balaban J connectivity index is 1.84. The van der Waals surface area contributed by atoms with Crippen LogP contribution < -0.4 is 10.9 Å². The molecule has 0 spiro atoms. The van der Waals surface area contributed by atoms with Crippen LogP contribution in [0.25, 0.3) is 22.3 Å². The van der Waals surface area contributed by atoms with E-state index in [0.29, 0.717) is 5.56 Å². The van der Waals surface area contributed by atoms with Crippen LogP contribution >= 0.6 is 0 Å². The molecule has 24 heavy (non-hydrogen) atoms. The Morgan fingerprint density at radius 3 is 2.17 bits per heavy atom. The highest BCUT2D eigenvalue weighted by atomic mass is 16.5. The molecular weight excluding hydrogens is 308 g/mol. The van der Waals surface area contributed by atoms with Crippen LogP contribution in [0.2, 0.25) is 0 Å². The molecular formula is C18H16N2O4. The van der Waals surface area contributed by atoms with E-state index < -0.39 is 5.63 Å². The van der Waals surface area contributed by atoms with Crippen LogP contribution in [-0.4, -0.2) is 15.8 Å². The maximum atomic E-state index is 11.9. The molecule has 3 aromatic rings. The Hall–Kier alpha value is -3.28. The van der Waals surface area contributed by atoms with Crippen molar-refractivity contribution in [3.05, 3.63) is 65.1 Å². The highest BCUT2D eigenvalue weighted by Crippen LogP contribution is 2.24. The summed E-state index contributed by atoms with van der Waals surface area (Å²) in [7, 11) is 0. The van der Waals surface area contributed by atoms with Crippen molar-refractivity contribution in [3.63, 3.8) is 0 Å². The number of nitrogens with zero attached hydrogens (tertiary/aromatic N) is 1. The van der Waals surface area contributed by atoms with Crippen molar-refractivity contribution in [3.8, 4) is 28.0 Å². The van der Waals surface area contributed by atoms with Gasteiger partial charge in [0.1, 0.15) is 12.4 Å². The van der Waals surface area contributed by atoms with Crippen molar-refractivity contribution in [2.45, 2.75) is 13.6 Å². The zero-order valence-corrected chi connectivity index (χ0v) is 13.0. The summed E-state index contributed by atoms with van der Waals surface area (Å²) in [5.41, 5.74) is 2.64. The van der Waals surface area contributed by atoms with Crippen LogP contribution in [0, 0.1) is 0 Å². The van der Waals surface area contributed by atoms with Gasteiger partial charge in [0, 0.05) is 6.92 Å². The number of hydrogen-bond donors (Lipinski definition) is 2. The Morgan fingerprint density at radius 1 is 1.04 bits per heavy atom. The van der Waals surface area contributed by atoms with Gasteiger partial charge in [0.25, 0.3) is 0 Å². The van der Waals surface area contributed by atoms with Gasteiger partial charge in [-0.1, -0.05) is 36.4 Å². The summed E-state index contributed by atoms with van der Waals surface area (Å²) in [6, 6.07) is 14.3. The van der Waals surface area contributed by atoms with Gasteiger partial charge >= 0.3 is 5.63 Å². The van der Waals surface area contributed by atoms with Gasteiger partial charge in [-0.2, -0.15) is 4.74 Å². The van der Waals surface area contributed by atoms with E-state index in [9.17, 15) is 14.7 Å². The maximum absolute atomic E-state index is 11.9. The maximum Gasteiger partial charge on any atom is 0.365 e. The molecule has 122 valence electrons. The number of phenols is 1. The molecule has 0 aliphatic rings. The Bertz CT molecular complexity index is 905. The lowest BCUT2D eigenvalue weighted by Gasteiger charge is -2.03. The van der Waals surface area contributed by atoms with Crippen molar-refractivity contribution >= 4 is 5.91 Å². The number of nitrogens with one attached hydrogen (secondary N) is 1. The Kier molecular flexibility index (Phi) is 4.20. The first-order valence-electron chi connectivity index (χ1n) is 7.38. The predicted octanol–water partition coefficient (Wildman–Crippen LogP) is 2.57. The zero-order chi connectivity index (χ0) is 17.1. The molecule has 1 aromatic heterocycles. The molecule has 6 heteroatoms. The second-order valence-corrected chi connectivity index (χ2v) is 5.35. The summed E-state index contributed by atoms with van der Waals surface area (Å²) in [6.07, 6.45) is 1.56. The first-order chi connectivity index (χ1) is 11.5. The van der Waals surface area contributed by atoms with E-state index in [2.05, 4.69) is 5.32 Å². The molecule has 0 saturated carbocycles. The summed E-state index contributed by atoms with van der Waals surface area (Å²) < 4.78 is 6.35. The second kappa shape index (κ2) is 6.45. The average molecular weight is 324 g/mol. The SMILES string of the molecule is CC(=O)NCn1cc(-c2ccc(-c3ccc(O)cc3)cc2)c(=O)o1. The third-order valence-corrected chi connectivity index (χ3v) is 3.57. The fourth-order valence-electron chi connectivity index (χ4n) is 2.33. The average Bonchev–Trinajstić information content (AvgIpc) is 2.95. The number of benzene rings is 2. The Morgan fingerprint density at radius 2 is 1.58 bits per heavy atom. The predicted molar refractivity (Wildman–Crippen MR) is 89.3 cm³/mol. The van der Waals surface area contributed by atoms with Gasteiger partial charge in [0.05, 0.1) is 11.8 Å². The smallest absolute Gasteiger partial charge is 0.365 e. The fourth-order valence-corrected chi connectivity index (χ4v) is 2.33. The van der Waals surface area contributed by atoms with Crippen LogP contribution in [0.15, 0.2) is 64.0 Å². The number of amides is 1. The molecule has 6 nitrogen and oxygen atoms in total. The highest BCUT2D eigenvalue weighted by molar-refractivity contribution is 5.72. The van der Waals surface area contributed by atoms with Gasteiger partial charge in [-0.05, 0) is 28.8 Å². The summed E-state index contributed by atoms with van der Waals surface area (Å²) in [5.74, 6) is 0.0136. The molecule has 0 aliphatic heterocycles. The molecule has 0 saturated heterocycles. The zero-order valence-electron chi connectivity index (χ0n) is 13.0. The molecule has 1 heterocycles. The van der Waals surface area contributed by atoms with E-state index in [-0.39, 0.29) is 18.3 Å². The molecule has 3 rings (SSSR count). The molecule has 0 unspecified atom stereocenters. The van der Waals surface area contributed by atoms with Gasteiger partial charge < -0.3 is 14.9 Å². The molecule has 2 N–H and O–H groups in total. The van der Waals surface area contributed by atoms with Gasteiger partial charge in [0.2, 0.25) is 5.91 Å². The van der Waals surface area contributed by atoms with Crippen molar-refractivity contribution in [2.24, 2.45) is 0 Å². The van der Waals surface area contributed by atoms with E-state index in [4.69, 9.17) is 4.52 Å². The highest BCUT2D eigenvalue weighted by Gasteiger charge is 2.10. The van der Waals surface area contributed by atoms with Gasteiger partial charge in [-0.15, -0.1) is 0 Å². The molecule has 2 aromatic carbocycles. The van der Waals surface area contributed by atoms with Crippen LogP contribution in [-0.2, 0) is 11.5 Å². The van der Waals surface area contributed by atoms with E-state index in [0.717, 1.165) is 16.7 Å². The topological polar surface area (TPSA) is 84.5 Å². The number of carbonyl (C=O) groups excluding carboxylic acids is 1. The molecule has 0 bridgehead atoms. The number of carbonyl (C=O) groups is 1. The summed E-state index contributed by atoms with van der Waals surface area (Å²) in [6.45, 7) is 1.50. The number of aromatic nitrogens is 1. The fraction of sp³-hybridized carbons (Fsp3) is 0.111. The molecule has 0 atom stereocenters. The summed E-state index contributed by atoms with van der Waals surface area (Å²) in [5, 5.41) is 11.9. The van der Waals surface area contributed by atoms with Gasteiger partial charge in [-0.3, -0.25) is 4.79 Å². The standard InChI is InChI=1S/C18H16N2O4/c1-12(21)19-11-20-10-17(18(23)24-20)15-4-2-13(3-5-15)14-6-8-16(22)9-7-14/h2-10,22H,11H2,1H3,(H,19,21). The lowest BCUT2D eigenvalue weighted by molar-refractivity contribution is -0.119. The van der Waals surface area contributed by atoms with Crippen LogP contribution in [0.4, 0.5) is 0 Å². The molecule has 1 amide bonds. The number of rotatable bonds is 4. The summed E-state index contributed by atoms with van der Waals surface area (Å²) >= 11 is 0. The van der Waals surface area contributed by atoms with Crippen molar-refractivity contribution in [1.29, 1.82) is 0 Å². The first-order valence-corrected chi connectivity index (χ1v) is 7.38. The summed E-state index contributed by atoms with van der Waals surface area (Å²) in [4.78, 5) is 22.9. The molecule has 0 radical (unpaired) electrons. The quantitative estimate of drug-likeness (QED) is 0.772.